The van der Waals surface area contributed by atoms with Gasteiger partial charge in [0, 0.05) is 0 Å². The predicted octanol–water partition coefficient (Wildman–Crippen LogP) is 1.20. The summed E-state index contributed by atoms with van der Waals surface area (Å²) in [4.78, 5) is 0. The lowest BCUT2D eigenvalue weighted by Crippen LogP contribution is -2.15. The zero-order valence-corrected chi connectivity index (χ0v) is 6.70. The average molecular weight is 171 g/mol. The monoisotopic (exact) mass is 170 g/mol. The molecule has 0 bridgehead atoms. The van der Waals surface area contributed by atoms with E-state index in [1.807, 2.05) is 0 Å². The highest BCUT2D eigenvalue weighted by Crippen LogP contribution is 2.05. The first kappa shape index (κ1) is 9.50. The fourth-order valence-corrected chi connectivity index (χ4v) is 0.816. The molecule has 0 aliphatic rings. The second-order valence-electron chi connectivity index (χ2n) is 1.96. The van der Waals surface area contributed by atoms with E-state index < -0.39 is 0 Å². The maximum absolute atomic E-state index is 5.46. The highest BCUT2D eigenvalue weighted by atomic mass is 35.5. The van der Waals surface area contributed by atoms with Crippen LogP contribution in [0.25, 0.3) is 0 Å². The van der Waals surface area contributed by atoms with Crippen LogP contribution in [0.2, 0.25) is 0 Å². The van der Waals surface area contributed by atoms with Gasteiger partial charge in [0.05, 0.1) is 11.0 Å². The Kier molecular flexibility index (Phi) is 5.59. The first-order chi connectivity index (χ1) is 4.13. The summed E-state index contributed by atoms with van der Waals surface area (Å²) in [7, 11) is 0. The third-order valence-corrected chi connectivity index (χ3v) is 1.40. The van der Waals surface area contributed by atoms with Gasteiger partial charge in [-0.25, -0.2) is 0 Å². The summed E-state index contributed by atoms with van der Waals surface area (Å²) in [5, 5.41) is 0. The lowest BCUT2D eigenvalue weighted by atomic mass is 10.2. The molecule has 0 spiro atoms. The molecule has 0 saturated heterocycles. The molecule has 0 aliphatic carbocycles. The second kappa shape index (κ2) is 5.30. The Labute approximate surface area is 65.5 Å². The van der Waals surface area contributed by atoms with Crippen LogP contribution < -0.4 is 11.5 Å². The van der Waals surface area contributed by atoms with Crippen molar-refractivity contribution < 1.29 is 0 Å². The minimum absolute atomic E-state index is 0.250. The fraction of sp³-hybridized carbons (Fsp3) is 1.00. The summed E-state index contributed by atoms with van der Waals surface area (Å²) < 4.78 is 0. The van der Waals surface area contributed by atoms with Crippen LogP contribution in [-0.2, 0) is 0 Å². The van der Waals surface area contributed by atoms with Crippen LogP contribution in [0.3, 0.4) is 0 Å². The Balaban J connectivity index is 2.91. The van der Waals surface area contributed by atoms with Gasteiger partial charge in [0.2, 0.25) is 0 Å². The SMILES string of the molecule is NC(Cl)CCCC(N)Cl. The topological polar surface area (TPSA) is 52.0 Å². The van der Waals surface area contributed by atoms with E-state index in [0.29, 0.717) is 0 Å². The molecular formula is C5H12Cl2N2. The quantitative estimate of drug-likeness (QED) is 0.493. The van der Waals surface area contributed by atoms with Gasteiger partial charge in [0.25, 0.3) is 0 Å². The van der Waals surface area contributed by atoms with Crippen molar-refractivity contribution in [1.29, 1.82) is 0 Å². The van der Waals surface area contributed by atoms with Crippen molar-refractivity contribution in [1.82, 2.24) is 0 Å². The van der Waals surface area contributed by atoms with Crippen LogP contribution in [0.1, 0.15) is 19.3 Å². The normalized spacial score (nSPS) is 17.3. The minimum atomic E-state index is -0.250. The third-order valence-electron chi connectivity index (χ3n) is 0.960. The van der Waals surface area contributed by atoms with E-state index in [1.165, 1.54) is 0 Å². The van der Waals surface area contributed by atoms with Crippen molar-refractivity contribution in [3.8, 4) is 0 Å². The molecule has 0 aromatic rings. The minimum Gasteiger partial charge on any atom is -0.315 e. The molecule has 0 aromatic heterocycles. The van der Waals surface area contributed by atoms with Gasteiger partial charge in [-0.1, -0.05) is 0 Å². The highest BCUT2D eigenvalue weighted by Gasteiger charge is 1.98. The number of hydrogen-bond acceptors (Lipinski definition) is 2. The Bertz CT molecular complexity index is 58.0. The van der Waals surface area contributed by atoms with E-state index in [2.05, 4.69) is 0 Å². The zero-order chi connectivity index (χ0) is 7.28. The first-order valence-electron chi connectivity index (χ1n) is 2.92. The summed E-state index contributed by atoms with van der Waals surface area (Å²) in [6, 6.07) is 0. The van der Waals surface area contributed by atoms with Crippen LogP contribution in [-0.4, -0.2) is 11.0 Å². The molecule has 0 heterocycles. The maximum Gasteiger partial charge on any atom is 0.0800 e. The molecule has 2 unspecified atom stereocenters. The molecule has 2 atom stereocenters. The summed E-state index contributed by atoms with van der Waals surface area (Å²) in [5.74, 6) is 0. The number of rotatable bonds is 4. The highest BCUT2D eigenvalue weighted by molar-refractivity contribution is 6.20. The number of nitrogens with two attached hydrogens (primary N) is 2. The molecule has 0 fully saturated rings. The summed E-state index contributed by atoms with van der Waals surface area (Å²) in [6.45, 7) is 0. The molecule has 0 rings (SSSR count). The van der Waals surface area contributed by atoms with Crippen LogP contribution >= 0.6 is 23.2 Å². The maximum atomic E-state index is 5.46. The zero-order valence-electron chi connectivity index (χ0n) is 5.19. The molecule has 4 heteroatoms. The largest absolute Gasteiger partial charge is 0.315 e. The third kappa shape index (κ3) is 8.50. The molecule has 0 aromatic carbocycles. The first-order valence-corrected chi connectivity index (χ1v) is 3.79. The van der Waals surface area contributed by atoms with Crippen molar-refractivity contribution in [3.05, 3.63) is 0 Å². The molecule has 4 N–H and O–H groups in total. The van der Waals surface area contributed by atoms with Crippen LogP contribution in [0, 0.1) is 0 Å². The molecule has 2 nitrogen and oxygen atoms in total. The fourth-order valence-electron chi connectivity index (χ4n) is 0.508. The van der Waals surface area contributed by atoms with Crippen molar-refractivity contribution in [2.45, 2.75) is 30.3 Å². The van der Waals surface area contributed by atoms with E-state index in [-0.39, 0.29) is 11.0 Å². The molecule has 0 saturated carbocycles. The number of halogens is 2. The average Bonchev–Trinajstić information content (AvgIpc) is 1.63. The van der Waals surface area contributed by atoms with E-state index in [9.17, 15) is 0 Å². The Hall–Kier alpha value is 0.500. The lowest BCUT2D eigenvalue weighted by molar-refractivity contribution is 0.645. The number of hydrogen-bond donors (Lipinski definition) is 2. The molecule has 0 amide bonds. The summed E-state index contributed by atoms with van der Waals surface area (Å²) in [6.07, 6.45) is 2.46. The lowest BCUT2D eigenvalue weighted by Gasteiger charge is -2.03. The molecule has 0 radical (unpaired) electrons. The Morgan fingerprint density at radius 2 is 1.33 bits per heavy atom. The van der Waals surface area contributed by atoms with Crippen LogP contribution in [0.4, 0.5) is 0 Å². The number of alkyl halides is 2. The molecule has 0 aliphatic heterocycles. The van der Waals surface area contributed by atoms with Crippen molar-refractivity contribution in [2.75, 3.05) is 0 Å². The van der Waals surface area contributed by atoms with Gasteiger partial charge in [0.15, 0.2) is 0 Å². The summed E-state index contributed by atoms with van der Waals surface area (Å²) in [5.41, 5.74) is 10.0. The van der Waals surface area contributed by atoms with E-state index in [1.54, 1.807) is 0 Å². The Morgan fingerprint density at radius 3 is 1.56 bits per heavy atom. The van der Waals surface area contributed by atoms with Gasteiger partial charge >= 0.3 is 0 Å². The van der Waals surface area contributed by atoms with Crippen molar-refractivity contribution in [3.63, 3.8) is 0 Å². The van der Waals surface area contributed by atoms with E-state index >= 15 is 0 Å². The Morgan fingerprint density at radius 1 is 1.00 bits per heavy atom. The van der Waals surface area contributed by atoms with Gasteiger partial charge in [-0.3, -0.25) is 0 Å². The predicted molar refractivity (Wildman–Crippen MR) is 41.5 cm³/mol. The standard InChI is InChI=1S/C5H12Cl2N2/c6-4(8)2-1-3-5(7)9/h4-5H,1-3,8-9H2. The van der Waals surface area contributed by atoms with Gasteiger partial charge < -0.3 is 11.5 Å². The molecular weight excluding hydrogens is 159 g/mol. The van der Waals surface area contributed by atoms with Gasteiger partial charge in [0.1, 0.15) is 0 Å². The van der Waals surface area contributed by atoms with E-state index in [4.69, 9.17) is 34.7 Å². The van der Waals surface area contributed by atoms with E-state index in [0.717, 1.165) is 19.3 Å². The van der Waals surface area contributed by atoms with Crippen molar-refractivity contribution >= 4 is 23.2 Å². The smallest absolute Gasteiger partial charge is 0.0800 e. The van der Waals surface area contributed by atoms with Crippen LogP contribution in [0.15, 0.2) is 0 Å². The second-order valence-corrected chi connectivity index (χ2v) is 3.08. The molecule has 56 valence electrons. The summed E-state index contributed by atoms with van der Waals surface area (Å²) >= 11 is 10.9. The van der Waals surface area contributed by atoms with Gasteiger partial charge in [-0.05, 0) is 19.3 Å². The van der Waals surface area contributed by atoms with Gasteiger partial charge in [-0.2, -0.15) is 0 Å². The molecule has 9 heavy (non-hydrogen) atoms. The van der Waals surface area contributed by atoms with Crippen LogP contribution in [0.5, 0.6) is 0 Å². The van der Waals surface area contributed by atoms with Crippen molar-refractivity contribution in [2.24, 2.45) is 11.5 Å². The van der Waals surface area contributed by atoms with Gasteiger partial charge in [-0.15, -0.1) is 23.2 Å².